The number of rotatable bonds is 3. The number of pyridine rings is 1. The van der Waals surface area contributed by atoms with Gasteiger partial charge in [0.1, 0.15) is 0 Å². The van der Waals surface area contributed by atoms with Crippen molar-refractivity contribution in [3.63, 3.8) is 0 Å². The first kappa shape index (κ1) is 24.8. The van der Waals surface area contributed by atoms with Gasteiger partial charge < -0.3 is 4.90 Å². The molecule has 0 radical (unpaired) electrons. The van der Waals surface area contributed by atoms with Crippen molar-refractivity contribution in [3.05, 3.63) is 192 Å². The van der Waals surface area contributed by atoms with E-state index in [0.717, 1.165) is 22.5 Å². The van der Waals surface area contributed by atoms with E-state index in [1.54, 1.807) is 0 Å². The maximum atomic E-state index is 4.84. The molecule has 0 amide bonds. The molecule has 1 aromatic heterocycles. The van der Waals surface area contributed by atoms with E-state index in [0.29, 0.717) is 0 Å². The van der Waals surface area contributed by atoms with Crippen LogP contribution in [0.4, 0.5) is 17.1 Å². The number of aromatic nitrogens is 1. The zero-order valence-electron chi connectivity index (χ0n) is 24.1. The van der Waals surface area contributed by atoms with E-state index in [9.17, 15) is 0 Å². The molecular formula is C42H28N2. The molecule has 1 aliphatic heterocycles. The Morgan fingerprint density at radius 3 is 1.70 bits per heavy atom. The first-order chi connectivity index (χ1) is 21.9. The summed E-state index contributed by atoms with van der Waals surface area (Å²) in [5, 5.41) is 0. The minimum atomic E-state index is -0.444. The van der Waals surface area contributed by atoms with E-state index in [1.165, 1.54) is 50.3 Å². The summed E-state index contributed by atoms with van der Waals surface area (Å²) in [5.74, 6) is 0. The molecule has 7 aromatic rings. The topological polar surface area (TPSA) is 16.1 Å². The van der Waals surface area contributed by atoms with Crippen molar-refractivity contribution in [2.75, 3.05) is 4.90 Å². The van der Waals surface area contributed by atoms with E-state index in [2.05, 4.69) is 163 Å². The number of benzene rings is 6. The second-order valence-electron chi connectivity index (χ2n) is 11.5. The smallest absolute Gasteiger partial charge is 0.0780 e. The highest BCUT2D eigenvalue weighted by Gasteiger charge is 2.51. The Labute approximate surface area is 257 Å². The number of anilines is 3. The molecule has 0 saturated heterocycles. The molecule has 0 bridgehead atoms. The summed E-state index contributed by atoms with van der Waals surface area (Å²) in [6.45, 7) is 0. The standard InChI is InChI=1S/C42H28N2/c1-3-14-29(15-4-1)41-32(19-13-27-43-41)30-25-26-36-34(28-30)33-18-7-8-20-35(33)42(36)37-21-9-11-23-39(37)44(31-16-5-2-6-17-31)40-24-12-10-22-38(40)42/h1-28H. The van der Waals surface area contributed by atoms with E-state index >= 15 is 0 Å². The van der Waals surface area contributed by atoms with E-state index in [4.69, 9.17) is 4.98 Å². The molecule has 2 heterocycles. The van der Waals surface area contributed by atoms with Crippen LogP contribution < -0.4 is 4.90 Å². The average molecular weight is 561 g/mol. The summed E-state index contributed by atoms with van der Waals surface area (Å²) in [4.78, 5) is 7.26. The van der Waals surface area contributed by atoms with Gasteiger partial charge in [-0.15, -0.1) is 0 Å². The van der Waals surface area contributed by atoms with Gasteiger partial charge in [0.15, 0.2) is 0 Å². The fourth-order valence-corrected chi connectivity index (χ4v) is 7.60. The second kappa shape index (κ2) is 9.65. The Morgan fingerprint density at radius 2 is 0.977 bits per heavy atom. The van der Waals surface area contributed by atoms with Gasteiger partial charge in [-0.25, -0.2) is 0 Å². The van der Waals surface area contributed by atoms with E-state index in [1.807, 2.05) is 12.3 Å². The first-order valence-electron chi connectivity index (χ1n) is 15.1. The molecular weight excluding hydrogens is 532 g/mol. The Balaban J connectivity index is 1.34. The fourth-order valence-electron chi connectivity index (χ4n) is 7.60. The van der Waals surface area contributed by atoms with E-state index < -0.39 is 5.41 Å². The Morgan fingerprint density at radius 1 is 0.409 bits per heavy atom. The summed E-state index contributed by atoms with van der Waals surface area (Å²) in [7, 11) is 0. The third-order valence-electron chi connectivity index (χ3n) is 9.32. The largest absolute Gasteiger partial charge is 0.310 e. The summed E-state index contributed by atoms with van der Waals surface area (Å²) >= 11 is 0. The number of fused-ring (bicyclic) bond motifs is 9. The number of para-hydroxylation sites is 3. The van der Waals surface area contributed by atoms with Gasteiger partial charge in [0.25, 0.3) is 0 Å². The van der Waals surface area contributed by atoms with Crippen LogP contribution in [-0.4, -0.2) is 4.98 Å². The van der Waals surface area contributed by atoms with Crippen LogP contribution in [0, 0.1) is 0 Å². The SMILES string of the molecule is c1ccc(-c2ncccc2-c2ccc3c(c2)-c2ccccc2C32c3ccccc3N(c3ccccc3)c3ccccc32)cc1. The average Bonchev–Trinajstić information content (AvgIpc) is 3.39. The van der Waals surface area contributed by atoms with Crippen molar-refractivity contribution in [1.82, 2.24) is 4.98 Å². The molecule has 2 aliphatic rings. The zero-order valence-corrected chi connectivity index (χ0v) is 24.1. The molecule has 0 saturated carbocycles. The number of hydrogen-bond donors (Lipinski definition) is 0. The van der Waals surface area contributed by atoms with Crippen LogP contribution in [0.1, 0.15) is 22.3 Å². The third-order valence-corrected chi connectivity index (χ3v) is 9.32. The van der Waals surface area contributed by atoms with Crippen LogP contribution >= 0.6 is 0 Å². The van der Waals surface area contributed by atoms with Crippen molar-refractivity contribution >= 4 is 17.1 Å². The lowest BCUT2D eigenvalue weighted by Crippen LogP contribution is -2.36. The molecule has 0 N–H and O–H groups in total. The van der Waals surface area contributed by atoms with Crippen LogP contribution in [0.25, 0.3) is 33.5 Å². The van der Waals surface area contributed by atoms with Crippen molar-refractivity contribution < 1.29 is 0 Å². The number of nitrogens with zero attached hydrogens (tertiary/aromatic N) is 2. The minimum Gasteiger partial charge on any atom is -0.310 e. The van der Waals surface area contributed by atoms with Gasteiger partial charge in [-0.3, -0.25) is 4.98 Å². The lowest BCUT2D eigenvalue weighted by atomic mass is 9.64. The van der Waals surface area contributed by atoms with Crippen molar-refractivity contribution in [1.29, 1.82) is 0 Å². The molecule has 9 rings (SSSR count). The van der Waals surface area contributed by atoms with Crippen molar-refractivity contribution in [2.24, 2.45) is 0 Å². The van der Waals surface area contributed by atoms with Crippen molar-refractivity contribution in [2.45, 2.75) is 5.41 Å². The molecule has 1 spiro atoms. The maximum absolute atomic E-state index is 4.84. The lowest BCUT2D eigenvalue weighted by Gasteiger charge is -2.45. The predicted octanol–water partition coefficient (Wildman–Crippen LogP) is 10.6. The van der Waals surface area contributed by atoms with Crippen molar-refractivity contribution in [3.8, 4) is 33.5 Å². The second-order valence-corrected chi connectivity index (χ2v) is 11.5. The molecule has 0 fully saturated rings. The molecule has 44 heavy (non-hydrogen) atoms. The molecule has 1 aliphatic carbocycles. The summed E-state index contributed by atoms with van der Waals surface area (Å²) in [5.41, 5.74) is 15.4. The normalized spacial score (nSPS) is 13.6. The third kappa shape index (κ3) is 3.40. The van der Waals surface area contributed by atoms with Gasteiger partial charge in [0.2, 0.25) is 0 Å². The summed E-state index contributed by atoms with van der Waals surface area (Å²) in [6, 6.07) is 59.4. The zero-order chi connectivity index (χ0) is 29.1. The van der Waals surface area contributed by atoms with Gasteiger partial charge in [-0.1, -0.05) is 127 Å². The lowest BCUT2D eigenvalue weighted by molar-refractivity contribution is 0.753. The molecule has 206 valence electrons. The molecule has 6 aromatic carbocycles. The molecule has 2 heteroatoms. The highest BCUT2D eigenvalue weighted by Crippen LogP contribution is 2.63. The fraction of sp³-hybridized carbons (Fsp3) is 0.0238. The summed E-state index contributed by atoms with van der Waals surface area (Å²) in [6.07, 6.45) is 1.89. The van der Waals surface area contributed by atoms with Crippen LogP contribution in [0.3, 0.4) is 0 Å². The highest BCUT2D eigenvalue weighted by atomic mass is 15.2. The maximum Gasteiger partial charge on any atom is 0.0780 e. The quantitative estimate of drug-likeness (QED) is 0.214. The van der Waals surface area contributed by atoms with E-state index in [-0.39, 0.29) is 0 Å². The van der Waals surface area contributed by atoms with Crippen LogP contribution in [-0.2, 0) is 5.41 Å². The molecule has 2 nitrogen and oxygen atoms in total. The molecule has 0 atom stereocenters. The Bertz CT molecular complexity index is 2140. The van der Waals surface area contributed by atoms with Gasteiger partial charge in [0, 0.05) is 23.0 Å². The Hall–Kier alpha value is -5.73. The van der Waals surface area contributed by atoms with Gasteiger partial charge >= 0.3 is 0 Å². The van der Waals surface area contributed by atoms with Gasteiger partial charge in [-0.2, -0.15) is 0 Å². The first-order valence-corrected chi connectivity index (χ1v) is 15.1. The van der Waals surface area contributed by atoms with Crippen LogP contribution in [0.2, 0.25) is 0 Å². The molecule has 0 unspecified atom stereocenters. The van der Waals surface area contributed by atoms with Crippen LogP contribution in [0.5, 0.6) is 0 Å². The monoisotopic (exact) mass is 560 g/mol. The highest BCUT2D eigenvalue weighted by molar-refractivity contribution is 5.97. The van der Waals surface area contributed by atoms with Gasteiger partial charge in [0.05, 0.1) is 22.5 Å². The van der Waals surface area contributed by atoms with Gasteiger partial charge in [-0.05, 0) is 75.3 Å². The van der Waals surface area contributed by atoms with Crippen LogP contribution in [0.15, 0.2) is 170 Å². The predicted molar refractivity (Wildman–Crippen MR) is 181 cm³/mol. The Kier molecular flexibility index (Phi) is 5.45. The minimum absolute atomic E-state index is 0.444. The summed E-state index contributed by atoms with van der Waals surface area (Å²) < 4.78 is 0. The number of hydrogen-bond acceptors (Lipinski definition) is 2.